The zero-order valence-corrected chi connectivity index (χ0v) is 75.9. The minimum Gasteiger partial charge on any atom is -0.508 e. The Morgan fingerprint density at radius 1 is 0.500 bits per heavy atom. The molecule has 1 fully saturated rings. The predicted octanol–water partition coefficient (Wildman–Crippen LogP) is 13.9. The first-order chi connectivity index (χ1) is 37.9. The van der Waals surface area contributed by atoms with Crippen LogP contribution in [0.15, 0.2) is 153 Å². The molecule has 7 aromatic rings. The van der Waals surface area contributed by atoms with E-state index in [-0.39, 0.29) is 261 Å². The number of ether oxygens (including phenoxy) is 3. The standard InChI is InChI=1S/C11H14O3.C11H14O2.C10H14O2.C10H12O2.C10H12O.C9H10O2.C7H8O.5Ac/c1-8-5-9(12)3-4-10(8)11(6-13-2)7-14-11;1-8-6-10(12)4-5-11(8)9(2)7-13-3;1-7-6-8(11)4-5-9(7)10(2,3)12;1-7-5-9(12)3-4-10(7)8(2)6-11;1-7(2)10-5-4-9(11)6-8(10)3;1-6-5-8(11)3-4-9(6)7(2)10;1-6-3-2-4-7(8)5-6;;;;;/h3-5,12H,6-7H2,1-2H3;4-6,12H,2,7H2,1,3H3;4-6,11-12H,1-3H3;3-5,11-12H,2,6H2,1H3;4-6,11H,1H2,2-3H3;3-5,11H,1-2H3;2-5,8H,1H3;;;;;. The van der Waals surface area contributed by atoms with Crippen molar-refractivity contribution < 1.29 is 285 Å². The van der Waals surface area contributed by atoms with Gasteiger partial charge >= 0.3 is 0 Å². The molecule has 1 saturated heterocycles. The van der Waals surface area contributed by atoms with Crippen LogP contribution < -0.4 is 0 Å². The normalized spacial score (nSPS) is 11.9. The van der Waals surface area contributed by atoms with E-state index in [2.05, 4.69) is 19.7 Å². The second kappa shape index (κ2) is 46.2. The summed E-state index contributed by atoms with van der Waals surface area (Å²) in [5, 5.41) is 82.1. The van der Waals surface area contributed by atoms with Gasteiger partial charge in [-0.25, -0.2) is 0 Å². The van der Waals surface area contributed by atoms with Crippen LogP contribution in [0.3, 0.4) is 0 Å². The van der Waals surface area contributed by atoms with Gasteiger partial charge in [0.15, 0.2) is 5.78 Å². The Morgan fingerprint density at radius 2 is 0.860 bits per heavy atom. The number of aliphatic hydroxyl groups excluding tert-OH is 1. The molecule has 8 rings (SSSR count). The predicted molar refractivity (Wildman–Crippen MR) is 326 cm³/mol. The van der Waals surface area contributed by atoms with E-state index in [0.29, 0.717) is 48.2 Å². The van der Waals surface area contributed by atoms with Gasteiger partial charge in [0.05, 0.1) is 32.0 Å². The van der Waals surface area contributed by atoms with Gasteiger partial charge in [-0.15, -0.1) is 0 Å². The Kier molecular flexibility index (Phi) is 49.1. The van der Waals surface area contributed by atoms with Crippen molar-refractivity contribution in [3.05, 3.63) is 226 Å². The molecule has 0 aliphatic carbocycles. The average molecular weight is 2240 g/mol. The van der Waals surface area contributed by atoms with Crippen LogP contribution in [-0.4, -0.2) is 92.4 Å². The fourth-order valence-electron chi connectivity index (χ4n) is 8.35. The number of phenols is 7. The molecule has 1 unspecified atom stereocenters. The van der Waals surface area contributed by atoms with Crippen molar-refractivity contribution in [2.24, 2.45) is 0 Å². The number of methoxy groups -OCH3 is 2. The molecule has 0 amide bonds. The third kappa shape index (κ3) is 33.6. The molecule has 5 radical (unpaired) electrons. The minimum absolute atomic E-state index is 0. The molecule has 0 aromatic heterocycles. The smallest absolute Gasteiger partial charge is 0.160 e. The number of aliphatic hydroxyl groups is 2. The quantitative estimate of drug-likeness (QED) is 0.0434. The van der Waals surface area contributed by atoms with E-state index in [9.17, 15) is 20.1 Å². The number of hydrogen-bond acceptors (Lipinski definition) is 13. The molecular weight excluding hydrogens is 2160 g/mol. The Morgan fingerprint density at radius 3 is 1.16 bits per heavy atom. The third-order valence-electron chi connectivity index (χ3n) is 12.4. The molecule has 1 aliphatic rings. The second-order valence-electron chi connectivity index (χ2n) is 20.2. The van der Waals surface area contributed by atoms with Crippen LogP contribution in [0.2, 0.25) is 0 Å². The fourth-order valence-corrected chi connectivity index (χ4v) is 8.35. The summed E-state index contributed by atoms with van der Waals surface area (Å²) in [6, 6.07) is 37.7. The first kappa shape index (κ1) is 91.5. The molecule has 18 heteroatoms. The van der Waals surface area contributed by atoms with E-state index in [1.54, 1.807) is 132 Å². The van der Waals surface area contributed by atoms with Crippen molar-refractivity contribution >= 4 is 22.5 Å². The largest absolute Gasteiger partial charge is 0.508 e. The number of carbonyl (C=O) groups is 1. The number of benzene rings is 7. The number of Topliss-reactive ketones (excluding diaryl/α,β-unsaturated/α-hetero) is 1. The van der Waals surface area contributed by atoms with E-state index in [4.69, 9.17) is 44.8 Å². The number of epoxide rings is 1. The average Bonchev–Trinajstić information content (AvgIpc) is 3.85. The zero-order chi connectivity index (χ0) is 61.4. The van der Waals surface area contributed by atoms with E-state index in [1.165, 1.54) is 13.0 Å². The maximum Gasteiger partial charge on any atom is 0.160 e. The van der Waals surface area contributed by atoms with Gasteiger partial charge in [-0.1, -0.05) is 67.8 Å². The molecule has 1 atom stereocenters. The van der Waals surface area contributed by atoms with Crippen LogP contribution in [0.25, 0.3) is 16.7 Å². The SMILES string of the molecule is C=C(C)c1ccc(O)cc1C.C=C(CO)c1ccc(O)cc1C.C=C(COC)c1ccc(O)cc1C.CC(=O)c1ccc(O)cc1C.COCC1(c2ccc(O)cc2C)CO1.Cc1cc(O)ccc1C(C)(C)O.Cc1cccc(O)c1.[Ac].[Ac].[Ac].[Ac].[Ac]. The Balaban J connectivity index is -0.000000454. The first-order valence-corrected chi connectivity index (χ1v) is 25.9. The first-order valence-electron chi connectivity index (χ1n) is 25.9. The van der Waals surface area contributed by atoms with Gasteiger partial charge in [0.25, 0.3) is 0 Å². The topological polar surface area (TPSA) is 230 Å². The minimum atomic E-state index is -0.836. The maximum atomic E-state index is 10.9. The molecular formula is C68H84Ac5O13. The van der Waals surface area contributed by atoms with Crippen molar-refractivity contribution in [3.8, 4) is 40.2 Å². The molecule has 9 N–H and O–H groups in total. The van der Waals surface area contributed by atoms with Crippen LogP contribution in [0, 0.1) is 269 Å². The Labute approximate surface area is 689 Å². The number of aromatic hydroxyl groups is 7. The molecule has 0 spiro atoms. The number of hydrogen-bond donors (Lipinski definition) is 9. The number of rotatable bonds is 11. The van der Waals surface area contributed by atoms with Gasteiger partial charge < -0.3 is 60.2 Å². The van der Waals surface area contributed by atoms with Crippen LogP contribution >= 0.6 is 0 Å². The van der Waals surface area contributed by atoms with Crippen molar-refractivity contribution in [1.29, 1.82) is 0 Å². The van der Waals surface area contributed by atoms with Gasteiger partial charge in [0.2, 0.25) is 0 Å². The molecule has 13 nitrogen and oxygen atoms in total. The fraction of sp³-hybridized carbons (Fsp3) is 0.279. The van der Waals surface area contributed by atoms with Crippen molar-refractivity contribution in [3.63, 3.8) is 0 Å². The zero-order valence-electron chi connectivity index (χ0n) is 52.2. The van der Waals surface area contributed by atoms with E-state index < -0.39 is 5.60 Å². The van der Waals surface area contributed by atoms with Crippen LogP contribution in [0.5, 0.6) is 40.2 Å². The van der Waals surface area contributed by atoms with E-state index in [0.717, 1.165) is 77.9 Å². The van der Waals surface area contributed by atoms with Crippen LogP contribution in [0.4, 0.5) is 0 Å². The summed E-state index contributed by atoms with van der Waals surface area (Å²) in [7, 11) is 3.31. The molecule has 7 aromatic carbocycles. The maximum absolute atomic E-state index is 10.9. The van der Waals surface area contributed by atoms with Crippen molar-refractivity contribution in [2.45, 2.75) is 87.4 Å². The van der Waals surface area contributed by atoms with E-state index >= 15 is 0 Å². The van der Waals surface area contributed by atoms with Gasteiger partial charge in [-0.2, -0.15) is 0 Å². The summed E-state index contributed by atoms with van der Waals surface area (Å²) in [6.07, 6.45) is 0. The summed E-state index contributed by atoms with van der Waals surface area (Å²) >= 11 is 0. The molecule has 86 heavy (non-hydrogen) atoms. The number of phenolic OH excluding ortho intramolecular Hbond substituents is 7. The van der Waals surface area contributed by atoms with Crippen LogP contribution in [-0.2, 0) is 25.4 Å². The van der Waals surface area contributed by atoms with Crippen LogP contribution in [0.1, 0.15) is 105 Å². The van der Waals surface area contributed by atoms with Gasteiger partial charge in [-0.05, 0) is 245 Å². The van der Waals surface area contributed by atoms with Gasteiger partial charge in [0, 0.05) is 240 Å². The molecule has 449 valence electrons. The number of carbonyl (C=O) groups excluding carboxylic acids is 1. The molecule has 0 bridgehead atoms. The van der Waals surface area contributed by atoms with E-state index in [1.807, 2.05) is 78.8 Å². The monoisotopic (exact) mass is 2240 g/mol. The summed E-state index contributed by atoms with van der Waals surface area (Å²) in [5.41, 5.74) is 14.1. The van der Waals surface area contributed by atoms with Gasteiger partial charge in [0.1, 0.15) is 45.8 Å². The van der Waals surface area contributed by atoms with Gasteiger partial charge in [-0.3, -0.25) is 4.79 Å². The molecule has 1 aliphatic heterocycles. The summed E-state index contributed by atoms with van der Waals surface area (Å²) < 4.78 is 15.5. The van der Waals surface area contributed by atoms with Crippen molar-refractivity contribution in [1.82, 2.24) is 0 Å². The second-order valence-corrected chi connectivity index (χ2v) is 20.2. The van der Waals surface area contributed by atoms with Crippen molar-refractivity contribution in [2.75, 3.05) is 40.6 Å². The number of allylic oxidation sites excluding steroid dienone is 1. The Hall–Kier alpha value is -0.962. The summed E-state index contributed by atoms with van der Waals surface area (Å²) in [4.78, 5) is 10.9. The third-order valence-corrected chi connectivity index (χ3v) is 12.4. The summed E-state index contributed by atoms with van der Waals surface area (Å²) in [6.45, 7) is 33.5. The number of aryl methyl sites for hydroxylation is 7. The molecule has 1 heterocycles. The summed E-state index contributed by atoms with van der Waals surface area (Å²) in [5.74, 6) is 1.93. The molecule has 0 saturated carbocycles. The number of ketones is 1. The Bertz CT molecular complexity index is 3140.